The molecule has 31 heavy (non-hydrogen) atoms. The Morgan fingerprint density at radius 1 is 1.00 bits per heavy atom. The third kappa shape index (κ3) is 4.51. The fraction of sp³-hybridized carbons (Fsp3) is 0.154. The summed E-state index contributed by atoms with van der Waals surface area (Å²) in [5, 5.41) is 4.76. The predicted octanol–water partition coefficient (Wildman–Crippen LogP) is 5.13. The number of aromatic nitrogens is 2. The Bertz CT molecular complexity index is 1180. The van der Waals surface area contributed by atoms with Crippen molar-refractivity contribution in [3.8, 4) is 22.7 Å². The van der Waals surface area contributed by atoms with Gasteiger partial charge in [0.2, 0.25) is 0 Å². The molecule has 0 radical (unpaired) electrons. The maximum absolute atomic E-state index is 13.5. The second kappa shape index (κ2) is 8.88. The van der Waals surface area contributed by atoms with E-state index in [4.69, 9.17) is 9.84 Å². The number of methoxy groups -OCH3 is 1. The average molecular weight is 412 g/mol. The lowest BCUT2D eigenvalue weighted by Crippen LogP contribution is -2.26. The summed E-state index contributed by atoms with van der Waals surface area (Å²) in [6.07, 6.45) is 1.80. The Labute approximate surface area is 182 Å². The number of benzene rings is 3. The van der Waals surface area contributed by atoms with Crippen LogP contribution in [0.15, 0.2) is 85.1 Å². The van der Waals surface area contributed by atoms with Gasteiger partial charge in [-0.3, -0.25) is 4.79 Å². The van der Waals surface area contributed by atoms with Crippen molar-refractivity contribution in [1.29, 1.82) is 0 Å². The first kappa shape index (κ1) is 20.4. The highest BCUT2D eigenvalue weighted by Gasteiger charge is 2.22. The molecule has 0 saturated carbocycles. The van der Waals surface area contributed by atoms with Crippen LogP contribution >= 0.6 is 0 Å². The molecule has 0 aliphatic carbocycles. The van der Waals surface area contributed by atoms with E-state index in [1.807, 2.05) is 61.6 Å². The number of aryl methyl sites for hydroxylation is 1. The van der Waals surface area contributed by atoms with Gasteiger partial charge in [0.25, 0.3) is 5.91 Å². The van der Waals surface area contributed by atoms with E-state index in [0.29, 0.717) is 17.8 Å². The molecule has 0 spiro atoms. The first-order valence-electron chi connectivity index (χ1n) is 10.2. The van der Waals surface area contributed by atoms with Gasteiger partial charge >= 0.3 is 0 Å². The molecule has 5 heteroatoms. The summed E-state index contributed by atoms with van der Waals surface area (Å²) in [6.45, 7) is 2.57. The molecule has 0 atom stereocenters. The van der Waals surface area contributed by atoms with Gasteiger partial charge in [-0.25, -0.2) is 4.68 Å². The minimum atomic E-state index is -0.0828. The number of nitrogens with zero attached hydrogens (tertiary/aromatic N) is 3. The van der Waals surface area contributed by atoms with Gasteiger partial charge in [-0.1, -0.05) is 60.2 Å². The van der Waals surface area contributed by atoms with Crippen LogP contribution in [-0.4, -0.2) is 34.7 Å². The van der Waals surface area contributed by atoms with Gasteiger partial charge < -0.3 is 9.64 Å². The van der Waals surface area contributed by atoms with E-state index in [2.05, 4.69) is 31.2 Å². The van der Waals surface area contributed by atoms with E-state index >= 15 is 0 Å². The maximum atomic E-state index is 13.5. The Morgan fingerprint density at radius 2 is 1.74 bits per heavy atom. The van der Waals surface area contributed by atoms with Gasteiger partial charge in [0.1, 0.15) is 11.4 Å². The maximum Gasteiger partial charge on any atom is 0.257 e. The summed E-state index contributed by atoms with van der Waals surface area (Å²) in [5.74, 6) is 0.638. The van der Waals surface area contributed by atoms with Crippen molar-refractivity contribution in [1.82, 2.24) is 14.7 Å². The average Bonchev–Trinajstić information content (AvgIpc) is 3.26. The molecule has 0 bridgehead atoms. The topological polar surface area (TPSA) is 47.4 Å². The molecule has 4 aromatic rings. The van der Waals surface area contributed by atoms with Gasteiger partial charge in [-0.15, -0.1) is 0 Å². The zero-order chi connectivity index (χ0) is 21.8. The first-order chi connectivity index (χ1) is 15.0. The van der Waals surface area contributed by atoms with Crippen LogP contribution in [0, 0.1) is 6.92 Å². The van der Waals surface area contributed by atoms with E-state index in [1.54, 1.807) is 22.9 Å². The highest BCUT2D eigenvalue weighted by molar-refractivity contribution is 5.99. The van der Waals surface area contributed by atoms with Crippen molar-refractivity contribution in [3.05, 3.63) is 102 Å². The first-order valence-corrected chi connectivity index (χ1v) is 10.2. The zero-order valence-electron chi connectivity index (χ0n) is 17.9. The van der Waals surface area contributed by atoms with Gasteiger partial charge in [0.05, 0.1) is 18.4 Å². The predicted molar refractivity (Wildman–Crippen MR) is 123 cm³/mol. The zero-order valence-corrected chi connectivity index (χ0v) is 17.9. The summed E-state index contributed by atoms with van der Waals surface area (Å²) in [4.78, 5) is 15.2. The summed E-state index contributed by atoms with van der Waals surface area (Å²) >= 11 is 0. The number of ether oxygens (including phenoxy) is 1. The van der Waals surface area contributed by atoms with Gasteiger partial charge in [-0.05, 0) is 36.8 Å². The molecule has 0 aliphatic rings. The molecule has 0 N–H and O–H groups in total. The summed E-state index contributed by atoms with van der Waals surface area (Å²) in [6, 6.07) is 25.6. The number of hydrogen-bond acceptors (Lipinski definition) is 3. The third-order valence-electron chi connectivity index (χ3n) is 5.20. The Morgan fingerprint density at radius 3 is 2.45 bits per heavy atom. The summed E-state index contributed by atoms with van der Waals surface area (Å²) in [5.41, 5.74) is 5.19. The lowest BCUT2D eigenvalue weighted by molar-refractivity contribution is 0.0786. The smallest absolute Gasteiger partial charge is 0.257 e. The van der Waals surface area contributed by atoms with Crippen molar-refractivity contribution in [2.24, 2.45) is 0 Å². The van der Waals surface area contributed by atoms with Crippen LogP contribution in [0.1, 0.15) is 21.5 Å². The summed E-state index contributed by atoms with van der Waals surface area (Å²) < 4.78 is 7.13. The molecule has 0 aliphatic heterocycles. The van der Waals surface area contributed by atoms with E-state index in [9.17, 15) is 4.79 Å². The molecule has 1 heterocycles. The molecule has 1 aromatic heterocycles. The van der Waals surface area contributed by atoms with Crippen molar-refractivity contribution in [3.63, 3.8) is 0 Å². The Kier molecular flexibility index (Phi) is 5.85. The minimum absolute atomic E-state index is 0.0828. The van der Waals surface area contributed by atoms with Crippen LogP contribution in [-0.2, 0) is 6.54 Å². The highest BCUT2D eigenvalue weighted by atomic mass is 16.5. The third-order valence-corrected chi connectivity index (χ3v) is 5.20. The number of carbonyl (C=O) groups is 1. The quantitative estimate of drug-likeness (QED) is 0.442. The van der Waals surface area contributed by atoms with E-state index in [0.717, 1.165) is 22.6 Å². The van der Waals surface area contributed by atoms with Crippen LogP contribution in [0.25, 0.3) is 16.9 Å². The monoisotopic (exact) mass is 411 g/mol. The number of rotatable bonds is 6. The Hall–Kier alpha value is -3.86. The number of para-hydroxylation sites is 1. The van der Waals surface area contributed by atoms with Crippen molar-refractivity contribution >= 4 is 5.91 Å². The molecule has 156 valence electrons. The summed E-state index contributed by atoms with van der Waals surface area (Å²) in [7, 11) is 3.44. The SMILES string of the molecule is COc1cccc(-c2nn(-c3ccccc3)cc2C(=O)N(C)Cc2ccc(C)cc2)c1. The molecule has 4 rings (SSSR count). The lowest BCUT2D eigenvalue weighted by Gasteiger charge is -2.17. The van der Waals surface area contributed by atoms with Crippen LogP contribution in [0.4, 0.5) is 0 Å². The molecular weight excluding hydrogens is 386 g/mol. The largest absolute Gasteiger partial charge is 0.497 e. The van der Waals surface area contributed by atoms with Gasteiger partial charge in [0.15, 0.2) is 0 Å². The molecule has 0 saturated heterocycles. The molecule has 0 fully saturated rings. The number of carbonyl (C=O) groups excluding carboxylic acids is 1. The van der Waals surface area contributed by atoms with Crippen molar-refractivity contribution in [2.45, 2.75) is 13.5 Å². The second-order valence-electron chi connectivity index (χ2n) is 7.55. The highest BCUT2D eigenvalue weighted by Crippen LogP contribution is 2.28. The van der Waals surface area contributed by atoms with E-state index < -0.39 is 0 Å². The van der Waals surface area contributed by atoms with Gasteiger partial charge in [-0.2, -0.15) is 5.10 Å². The van der Waals surface area contributed by atoms with Gasteiger partial charge in [0, 0.05) is 25.4 Å². The Balaban J connectivity index is 1.72. The van der Waals surface area contributed by atoms with E-state index in [-0.39, 0.29) is 5.91 Å². The van der Waals surface area contributed by atoms with Crippen LogP contribution in [0.2, 0.25) is 0 Å². The molecule has 3 aromatic carbocycles. The van der Waals surface area contributed by atoms with Crippen LogP contribution < -0.4 is 4.74 Å². The molecular formula is C26H25N3O2. The van der Waals surface area contributed by atoms with Crippen molar-refractivity contribution < 1.29 is 9.53 Å². The fourth-order valence-electron chi connectivity index (χ4n) is 3.47. The number of amides is 1. The minimum Gasteiger partial charge on any atom is -0.497 e. The van der Waals surface area contributed by atoms with Crippen molar-refractivity contribution in [2.75, 3.05) is 14.2 Å². The number of hydrogen-bond donors (Lipinski definition) is 0. The fourth-order valence-corrected chi connectivity index (χ4v) is 3.47. The molecule has 1 amide bonds. The molecule has 5 nitrogen and oxygen atoms in total. The molecule has 0 unspecified atom stereocenters. The normalized spacial score (nSPS) is 10.7. The van der Waals surface area contributed by atoms with Crippen LogP contribution in [0.5, 0.6) is 5.75 Å². The standard InChI is InChI=1S/C26H25N3O2/c1-19-12-14-20(15-13-19)17-28(2)26(30)24-18-29(22-9-5-4-6-10-22)27-25(24)21-8-7-11-23(16-21)31-3/h4-16,18H,17H2,1-3H3. The van der Waals surface area contributed by atoms with E-state index in [1.165, 1.54) is 5.56 Å². The lowest BCUT2D eigenvalue weighted by atomic mass is 10.1. The van der Waals surface area contributed by atoms with Crippen LogP contribution in [0.3, 0.4) is 0 Å². The second-order valence-corrected chi connectivity index (χ2v) is 7.55.